The van der Waals surface area contributed by atoms with E-state index in [0.29, 0.717) is 36.8 Å². The molecule has 4 N–H and O–H groups in total. The van der Waals surface area contributed by atoms with Crippen LogP contribution in [0.25, 0.3) is 0 Å². The van der Waals surface area contributed by atoms with Crippen LogP contribution in [0.3, 0.4) is 0 Å². The number of nitrogens with zero attached hydrogens (tertiary/aromatic N) is 2. The molecule has 1 aromatic carbocycles. The third-order valence-corrected chi connectivity index (χ3v) is 10.1. The summed E-state index contributed by atoms with van der Waals surface area (Å²) in [6.45, 7) is 10.9. The highest BCUT2D eigenvalue weighted by atomic mass is 79.9. The van der Waals surface area contributed by atoms with Gasteiger partial charge in [-0.3, -0.25) is 9.59 Å². The molecule has 3 saturated carbocycles. The monoisotopic (exact) mass is 677 g/mol. The van der Waals surface area contributed by atoms with Crippen molar-refractivity contribution < 1.29 is 28.7 Å². The molecule has 2 bridgehead atoms. The van der Waals surface area contributed by atoms with E-state index in [0.717, 1.165) is 17.3 Å². The van der Waals surface area contributed by atoms with E-state index in [1.54, 1.807) is 17.6 Å². The average molecular weight is 678 g/mol. The number of aliphatic imine (C=N–C) groups is 1. The van der Waals surface area contributed by atoms with Gasteiger partial charge in [-0.1, -0.05) is 49.1 Å². The van der Waals surface area contributed by atoms with Crippen LogP contribution in [0.2, 0.25) is 0 Å². The maximum absolute atomic E-state index is 13.8. The molecule has 14 heteroatoms. The zero-order chi connectivity index (χ0) is 32.2. The van der Waals surface area contributed by atoms with Crippen molar-refractivity contribution in [1.82, 2.24) is 10.7 Å². The van der Waals surface area contributed by atoms with E-state index >= 15 is 0 Å². The predicted octanol–water partition coefficient (Wildman–Crippen LogP) is 4.08. The van der Waals surface area contributed by atoms with Crippen LogP contribution in [0, 0.1) is 39.2 Å². The molecule has 5 rings (SSSR count). The molecule has 1 aromatic rings. The number of carbonyl (C=O) groups excluding carboxylic acids is 2. The number of carbonyl (C=O) groups is 2. The molecule has 0 spiro atoms. The Hall–Kier alpha value is -2.71. The van der Waals surface area contributed by atoms with Crippen LogP contribution in [0.15, 0.2) is 33.7 Å². The first kappa shape index (κ1) is 34.2. The van der Waals surface area contributed by atoms with Crippen LogP contribution in [0.5, 0.6) is 5.75 Å². The first-order valence-electron chi connectivity index (χ1n) is 15.4. The SMILES string of the molecule is CC(C)C[C@H](NC(=O)[C@H](CCCN=C(N)N[N+](=O)[O-])CC(=O)COc1ccc(Br)cc1)B1O[C@@H]2C[C@@H]3C[C@@H](C3(C)C)[C@]2(C)O1. The van der Waals surface area contributed by atoms with Gasteiger partial charge in [0.1, 0.15) is 12.4 Å². The number of nitrogens with two attached hydrogens (primary N) is 1. The highest BCUT2D eigenvalue weighted by molar-refractivity contribution is 9.10. The molecular formula is C30H45BBrN5O7. The first-order chi connectivity index (χ1) is 20.7. The number of hydrogen-bond acceptors (Lipinski definition) is 8. The maximum atomic E-state index is 13.8. The lowest BCUT2D eigenvalue weighted by Crippen LogP contribution is -2.65. The number of amides is 1. The number of ether oxygens (including phenoxy) is 1. The lowest BCUT2D eigenvalue weighted by atomic mass is 9.43. The van der Waals surface area contributed by atoms with Crippen LogP contribution < -0.4 is 21.2 Å². The molecular weight excluding hydrogens is 633 g/mol. The van der Waals surface area contributed by atoms with Gasteiger partial charge in [0.25, 0.3) is 5.96 Å². The Balaban J connectivity index is 1.42. The van der Waals surface area contributed by atoms with Crippen LogP contribution in [0.1, 0.15) is 73.1 Å². The van der Waals surface area contributed by atoms with E-state index in [2.05, 4.69) is 60.9 Å². The summed E-state index contributed by atoms with van der Waals surface area (Å²) in [4.78, 5) is 41.3. The summed E-state index contributed by atoms with van der Waals surface area (Å²) < 4.78 is 19.8. The number of hydrogen-bond donors (Lipinski definition) is 3. The third-order valence-electron chi connectivity index (χ3n) is 9.61. The van der Waals surface area contributed by atoms with Gasteiger partial charge in [0, 0.05) is 23.4 Å². The molecule has 0 unspecified atom stereocenters. The number of rotatable bonds is 15. The van der Waals surface area contributed by atoms with E-state index in [4.69, 9.17) is 19.8 Å². The number of benzene rings is 1. The maximum Gasteiger partial charge on any atom is 0.481 e. The average Bonchev–Trinajstić information content (AvgIpc) is 3.30. The fourth-order valence-electron chi connectivity index (χ4n) is 7.14. The Labute approximate surface area is 268 Å². The molecule has 0 radical (unpaired) electrons. The molecule has 4 aliphatic rings. The summed E-state index contributed by atoms with van der Waals surface area (Å²) in [7, 11) is -0.582. The molecule has 44 heavy (non-hydrogen) atoms. The second kappa shape index (κ2) is 14.2. The highest BCUT2D eigenvalue weighted by Gasteiger charge is 2.68. The third kappa shape index (κ3) is 8.11. The number of Topliss-reactive ketones (excluding diaryl/α,β-unsaturated/α-hetero) is 1. The standard InChI is InChI=1S/C30H45BBrN5O7/c1-18(2)13-26(31-43-25-16-20-15-24(29(20,3)4)30(25,5)44-31)35-27(39)19(7-6-12-34-28(33)36-37(40)41)14-22(38)17-42-23-10-8-21(32)9-11-23/h8-11,18-20,24-26H,6-7,12-17H2,1-5H3,(H,35,39)(H3,33,34,36)/t19-,20+,24+,25-,26+,30+/m1/s1. The van der Waals surface area contributed by atoms with Gasteiger partial charge in [-0.25, -0.2) is 15.1 Å². The topological polar surface area (TPSA) is 167 Å². The van der Waals surface area contributed by atoms with E-state index in [-0.39, 0.29) is 60.6 Å². The van der Waals surface area contributed by atoms with Crippen molar-refractivity contribution >= 4 is 40.7 Å². The summed E-state index contributed by atoms with van der Waals surface area (Å²) in [5.74, 6) is -0.0559. The highest BCUT2D eigenvalue weighted by Crippen LogP contribution is 2.65. The lowest BCUT2D eigenvalue weighted by Gasteiger charge is -2.64. The van der Waals surface area contributed by atoms with Crippen molar-refractivity contribution in [3.8, 4) is 5.75 Å². The summed E-state index contributed by atoms with van der Waals surface area (Å²) in [5.41, 5.74) is 7.12. The lowest BCUT2D eigenvalue weighted by molar-refractivity contribution is -0.525. The van der Waals surface area contributed by atoms with Crippen LogP contribution in [-0.2, 0) is 18.9 Å². The Morgan fingerprint density at radius 1 is 1.25 bits per heavy atom. The van der Waals surface area contributed by atoms with Gasteiger partial charge in [-0.15, -0.1) is 0 Å². The van der Waals surface area contributed by atoms with E-state index in [1.807, 2.05) is 12.1 Å². The van der Waals surface area contributed by atoms with Crippen LogP contribution in [-0.4, -0.2) is 60.6 Å². The van der Waals surface area contributed by atoms with Gasteiger partial charge < -0.3 is 25.1 Å². The summed E-state index contributed by atoms with van der Waals surface area (Å²) >= 11 is 3.37. The van der Waals surface area contributed by atoms with Crippen molar-refractivity contribution in [3.05, 3.63) is 38.9 Å². The van der Waals surface area contributed by atoms with Crippen molar-refractivity contribution in [2.24, 2.45) is 39.8 Å². The quantitative estimate of drug-likeness (QED) is 0.0619. The molecule has 6 atom stereocenters. The number of nitrogens with one attached hydrogen (secondary N) is 2. The molecule has 12 nitrogen and oxygen atoms in total. The van der Waals surface area contributed by atoms with E-state index in [9.17, 15) is 19.7 Å². The van der Waals surface area contributed by atoms with Crippen LogP contribution >= 0.6 is 15.9 Å². The fraction of sp³-hybridized carbons (Fsp3) is 0.700. The fourth-order valence-corrected chi connectivity index (χ4v) is 7.40. The van der Waals surface area contributed by atoms with Crippen LogP contribution in [0.4, 0.5) is 0 Å². The second-order valence-electron chi connectivity index (χ2n) is 13.5. The molecule has 1 saturated heterocycles. The number of halogens is 1. The number of guanidine groups is 1. The largest absolute Gasteiger partial charge is 0.486 e. The second-order valence-corrected chi connectivity index (χ2v) is 14.5. The summed E-state index contributed by atoms with van der Waals surface area (Å²) in [5, 5.41) is 13.0. The minimum absolute atomic E-state index is 0.0138. The molecule has 1 aliphatic heterocycles. The Bertz CT molecular complexity index is 1230. The minimum atomic E-state index is -0.790. The minimum Gasteiger partial charge on any atom is -0.486 e. The molecule has 3 aliphatic carbocycles. The Morgan fingerprint density at radius 3 is 2.59 bits per heavy atom. The van der Waals surface area contributed by atoms with E-state index < -0.39 is 23.7 Å². The molecule has 1 heterocycles. The zero-order valence-electron chi connectivity index (χ0n) is 26.2. The van der Waals surface area contributed by atoms with Gasteiger partial charge >= 0.3 is 7.12 Å². The molecule has 0 aromatic heterocycles. The zero-order valence-corrected chi connectivity index (χ0v) is 27.8. The summed E-state index contributed by atoms with van der Waals surface area (Å²) in [6, 6.07) is 7.15. The summed E-state index contributed by atoms with van der Waals surface area (Å²) in [6.07, 6.45) is 3.40. The molecule has 4 fully saturated rings. The number of hydrazine groups is 1. The van der Waals surface area contributed by atoms with E-state index in [1.165, 1.54) is 0 Å². The van der Waals surface area contributed by atoms with Crippen molar-refractivity contribution in [2.75, 3.05) is 13.2 Å². The molecule has 1 amide bonds. The van der Waals surface area contributed by atoms with Crippen molar-refractivity contribution in [2.45, 2.75) is 90.8 Å². The van der Waals surface area contributed by atoms with Gasteiger partial charge in [-0.2, -0.15) is 0 Å². The molecule has 242 valence electrons. The van der Waals surface area contributed by atoms with Crippen molar-refractivity contribution in [1.29, 1.82) is 0 Å². The van der Waals surface area contributed by atoms with Gasteiger partial charge in [0.2, 0.25) is 5.91 Å². The normalized spacial score (nSPS) is 26.8. The van der Waals surface area contributed by atoms with Gasteiger partial charge in [0.05, 0.1) is 17.6 Å². The van der Waals surface area contributed by atoms with Gasteiger partial charge in [0.15, 0.2) is 10.8 Å². The number of nitro groups is 1. The Morgan fingerprint density at radius 2 is 1.95 bits per heavy atom. The van der Waals surface area contributed by atoms with Crippen molar-refractivity contribution in [3.63, 3.8) is 0 Å². The smallest absolute Gasteiger partial charge is 0.481 e. The predicted molar refractivity (Wildman–Crippen MR) is 170 cm³/mol. The Kier molecular flexibility index (Phi) is 11.0. The van der Waals surface area contributed by atoms with Gasteiger partial charge in [-0.05, 0) is 86.5 Å². The first-order valence-corrected chi connectivity index (χ1v) is 16.2. The number of ketones is 1.